The van der Waals surface area contributed by atoms with Crippen molar-refractivity contribution in [2.24, 2.45) is 0 Å². The third-order valence-corrected chi connectivity index (χ3v) is 3.77. The molecule has 0 aliphatic rings. The number of rotatable bonds is 3. The fourth-order valence-corrected chi connectivity index (χ4v) is 2.41. The minimum atomic E-state index is -4.24. The number of hydrogen-bond acceptors (Lipinski definition) is 4. The molecule has 0 amide bonds. The molecule has 1 N–H and O–H groups in total. The highest BCUT2D eigenvalue weighted by molar-refractivity contribution is 7.92. The van der Waals surface area contributed by atoms with Crippen LogP contribution in [-0.4, -0.2) is 13.4 Å². The Hall–Kier alpha value is -2.60. The number of benzene rings is 1. The van der Waals surface area contributed by atoms with Gasteiger partial charge in [-0.05, 0) is 12.1 Å². The number of nitrogens with zero attached hydrogens (tertiary/aromatic N) is 2. The Kier molecular flexibility index (Phi) is 3.82. The first kappa shape index (κ1) is 14.8. The molecule has 108 valence electrons. The second-order valence-corrected chi connectivity index (χ2v) is 5.53. The van der Waals surface area contributed by atoms with Gasteiger partial charge in [-0.25, -0.2) is 26.6 Å². The van der Waals surface area contributed by atoms with Crippen molar-refractivity contribution >= 4 is 15.7 Å². The van der Waals surface area contributed by atoms with Crippen LogP contribution < -0.4 is 4.72 Å². The fraction of sp³-hybridized carbons (Fsp3) is 0. The van der Waals surface area contributed by atoms with Crippen LogP contribution in [0.5, 0.6) is 0 Å². The summed E-state index contributed by atoms with van der Waals surface area (Å²) in [5, 5.41) is 8.56. The third kappa shape index (κ3) is 3.11. The predicted molar refractivity (Wildman–Crippen MR) is 66.1 cm³/mol. The van der Waals surface area contributed by atoms with Crippen LogP contribution in [0.15, 0.2) is 35.4 Å². The summed E-state index contributed by atoms with van der Waals surface area (Å²) in [6.07, 6.45) is 0.888. The quantitative estimate of drug-likeness (QED) is 0.880. The molecule has 1 aromatic heterocycles. The van der Waals surface area contributed by atoms with Crippen molar-refractivity contribution in [3.05, 3.63) is 53.6 Å². The van der Waals surface area contributed by atoms with Gasteiger partial charge in [-0.2, -0.15) is 5.26 Å². The van der Waals surface area contributed by atoms with E-state index in [4.69, 9.17) is 5.26 Å². The van der Waals surface area contributed by atoms with Crippen molar-refractivity contribution in [1.29, 1.82) is 5.26 Å². The Morgan fingerprint density at radius 1 is 1.10 bits per heavy atom. The van der Waals surface area contributed by atoms with E-state index in [1.807, 2.05) is 0 Å². The number of nitriles is 1. The number of nitrogens with one attached hydrogen (secondary N) is 1. The van der Waals surface area contributed by atoms with E-state index in [0.717, 1.165) is 18.3 Å². The smallest absolute Gasteiger partial charge is 0.263 e. The lowest BCUT2D eigenvalue weighted by atomic mass is 10.3. The number of sulfonamides is 1. The van der Waals surface area contributed by atoms with Crippen molar-refractivity contribution in [3.8, 4) is 6.07 Å². The molecule has 0 unspecified atom stereocenters. The van der Waals surface area contributed by atoms with Gasteiger partial charge < -0.3 is 0 Å². The molecule has 9 heteroatoms. The lowest BCUT2D eigenvalue weighted by Gasteiger charge is -2.09. The van der Waals surface area contributed by atoms with E-state index in [2.05, 4.69) is 4.98 Å². The average molecular weight is 313 g/mol. The summed E-state index contributed by atoms with van der Waals surface area (Å²) in [5.74, 6) is -4.10. The SMILES string of the molecule is N#Cc1ccc(S(=O)(=O)Nc2cc(F)c(F)cc2F)cn1. The summed E-state index contributed by atoms with van der Waals surface area (Å²) in [4.78, 5) is 3.20. The molecule has 0 fully saturated rings. The summed E-state index contributed by atoms with van der Waals surface area (Å²) in [6.45, 7) is 0. The van der Waals surface area contributed by atoms with Crippen molar-refractivity contribution in [3.63, 3.8) is 0 Å². The number of aromatic nitrogens is 1. The third-order valence-electron chi connectivity index (χ3n) is 2.42. The van der Waals surface area contributed by atoms with E-state index in [1.54, 1.807) is 10.8 Å². The maximum Gasteiger partial charge on any atom is 0.263 e. The number of halogens is 3. The van der Waals surface area contributed by atoms with Crippen LogP contribution in [0.25, 0.3) is 0 Å². The van der Waals surface area contributed by atoms with Crippen molar-refractivity contribution in [2.75, 3.05) is 4.72 Å². The van der Waals surface area contributed by atoms with Gasteiger partial charge in [-0.1, -0.05) is 0 Å². The molecular weight excluding hydrogens is 307 g/mol. The Balaban J connectivity index is 2.37. The van der Waals surface area contributed by atoms with Gasteiger partial charge in [0, 0.05) is 18.3 Å². The zero-order chi connectivity index (χ0) is 15.6. The van der Waals surface area contributed by atoms with Crippen LogP contribution in [0.4, 0.5) is 18.9 Å². The summed E-state index contributed by atoms with van der Waals surface area (Å²) >= 11 is 0. The minimum absolute atomic E-state index is 0.00652. The molecule has 0 spiro atoms. The standard InChI is InChI=1S/C12H6F3N3O2S/c13-9-3-11(15)12(4-10(9)14)18-21(19,20)8-2-1-7(5-16)17-6-8/h1-4,6,18H. The molecule has 0 saturated carbocycles. The first-order chi connectivity index (χ1) is 9.83. The van der Waals surface area contributed by atoms with Crippen LogP contribution in [0.1, 0.15) is 5.69 Å². The van der Waals surface area contributed by atoms with Gasteiger partial charge in [0.2, 0.25) is 0 Å². The van der Waals surface area contributed by atoms with Crippen LogP contribution in [0.3, 0.4) is 0 Å². The highest BCUT2D eigenvalue weighted by Crippen LogP contribution is 2.21. The van der Waals surface area contributed by atoms with Crippen LogP contribution in [-0.2, 0) is 10.0 Å². The molecule has 5 nitrogen and oxygen atoms in total. The average Bonchev–Trinajstić information content (AvgIpc) is 2.44. The minimum Gasteiger partial charge on any atom is -0.276 e. The molecule has 1 heterocycles. The highest BCUT2D eigenvalue weighted by Gasteiger charge is 2.18. The van der Waals surface area contributed by atoms with Gasteiger partial charge in [0.25, 0.3) is 10.0 Å². The largest absolute Gasteiger partial charge is 0.276 e. The fourth-order valence-electron chi connectivity index (χ4n) is 1.41. The summed E-state index contributed by atoms with van der Waals surface area (Å²) in [5.41, 5.74) is -0.744. The first-order valence-electron chi connectivity index (χ1n) is 5.37. The molecule has 0 aliphatic heterocycles. The number of pyridine rings is 1. The van der Waals surface area contributed by atoms with Gasteiger partial charge in [0.15, 0.2) is 11.6 Å². The summed E-state index contributed by atoms with van der Waals surface area (Å²) in [7, 11) is -4.24. The van der Waals surface area contributed by atoms with Crippen LogP contribution >= 0.6 is 0 Å². The summed E-state index contributed by atoms with van der Waals surface area (Å²) in [6, 6.07) is 4.54. The predicted octanol–water partition coefficient (Wildman–Crippen LogP) is 2.17. The van der Waals surface area contributed by atoms with E-state index < -0.39 is 33.2 Å². The molecule has 0 aliphatic carbocycles. The van der Waals surface area contributed by atoms with Crippen molar-refractivity contribution in [1.82, 2.24) is 4.98 Å². The van der Waals surface area contributed by atoms with Crippen LogP contribution in [0.2, 0.25) is 0 Å². The van der Waals surface area contributed by atoms with E-state index >= 15 is 0 Å². The zero-order valence-electron chi connectivity index (χ0n) is 10.1. The second kappa shape index (κ2) is 5.41. The number of anilines is 1. The Morgan fingerprint density at radius 3 is 2.33 bits per heavy atom. The van der Waals surface area contributed by atoms with E-state index in [1.165, 1.54) is 0 Å². The molecule has 2 aromatic rings. The topological polar surface area (TPSA) is 82.8 Å². The van der Waals surface area contributed by atoms with Gasteiger partial charge in [0.05, 0.1) is 5.69 Å². The maximum atomic E-state index is 13.4. The molecule has 0 bridgehead atoms. The maximum absolute atomic E-state index is 13.4. The van der Waals surface area contributed by atoms with Crippen LogP contribution in [0, 0.1) is 28.8 Å². The molecule has 21 heavy (non-hydrogen) atoms. The normalized spacial score (nSPS) is 11.0. The van der Waals surface area contributed by atoms with Gasteiger partial charge in [-0.15, -0.1) is 0 Å². The van der Waals surface area contributed by atoms with Crippen molar-refractivity contribution < 1.29 is 21.6 Å². The lowest BCUT2D eigenvalue weighted by molar-refractivity contribution is 0.496. The van der Waals surface area contributed by atoms with Gasteiger partial charge in [0.1, 0.15) is 22.5 Å². The van der Waals surface area contributed by atoms with E-state index in [-0.39, 0.29) is 16.7 Å². The first-order valence-corrected chi connectivity index (χ1v) is 6.85. The molecule has 0 atom stereocenters. The molecular formula is C12H6F3N3O2S. The molecule has 0 radical (unpaired) electrons. The zero-order valence-corrected chi connectivity index (χ0v) is 11.0. The van der Waals surface area contributed by atoms with E-state index in [0.29, 0.717) is 6.07 Å². The Labute approximate surface area is 117 Å². The Bertz CT molecular complexity index is 830. The van der Waals surface area contributed by atoms with Gasteiger partial charge in [-0.3, -0.25) is 4.72 Å². The Morgan fingerprint density at radius 2 is 1.76 bits per heavy atom. The van der Waals surface area contributed by atoms with Gasteiger partial charge >= 0.3 is 0 Å². The lowest BCUT2D eigenvalue weighted by Crippen LogP contribution is -2.14. The van der Waals surface area contributed by atoms with E-state index in [9.17, 15) is 21.6 Å². The monoisotopic (exact) mass is 313 g/mol. The molecule has 1 aromatic carbocycles. The molecule has 2 rings (SSSR count). The van der Waals surface area contributed by atoms with Crippen molar-refractivity contribution in [2.45, 2.75) is 4.90 Å². The number of hydrogen-bond donors (Lipinski definition) is 1. The molecule has 0 saturated heterocycles. The summed E-state index contributed by atoms with van der Waals surface area (Å²) < 4.78 is 64.8. The highest BCUT2D eigenvalue weighted by atomic mass is 32.2. The second-order valence-electron chi connectivity index (χ2n) is 3.84.